The third-order valence-electron chi connectivity index (χ3n) is 14.7. The molecule has 2 fully saturated rings. The van der Waals surface area contributed by atoms with E-state index in [9.17, 15) is 14.0 Å². The maximum Gasteiger partial charge on any atom is 1.00 e. The second-order valence-electron chi connectivity index (χ2n) is 24.1. The average molecular weight is 1100 g/mol. The molecular formula is C62H97N2NaO9P2. The predicted octanol–water partition coefficient (Wildman–Crippen LogP) is 12.6. The molecule has 4 aromatic rings. The molecule has 0 amide bonds. The summed E-state index contributed by atoms with van der Waals surface area (Å²) in [6.45, 7) is 29.1. The molecule has 4 aromatic carbocycles. The number of rotatable bonds is 24. The average Bonchev–Trinajstić information content (AvgIpc) is 3.34. The van der Waals surface area contributed by atoms with Gasteiger partial charge < -0.3 is 43.6 Å². The molecule has 0 aromatic heterocycles. The van der Waals surface area contributed by atoms with Crippen LogP contribution in [-0.4, -0.2) is 96.2 Å². The standard InChI is InChI=1S/C32H50NO4P.C30H46NO4P.Na.H2O/c1-8-37-38(7,34)24-25(2)28-11-9-13-30(21-28)36-23-26-16-19-33(20-17-26)31-22-29(35-6)15-14-27(31)12-10-18-32(3,4)5;1-23(22-36(6,32)33)26-9-7-11-28(19-26)35-21-24-14-17-31(18-15-24)29-20-27(34-5)13-12-25(29)10-8-16-30(2,3)4;;/h9,11,13-15,21-22,25-26H,8,10,12,16-20,23-24H2,1-7H3;7,9,11-13,19-20,23-24H,8,10,14-18,21-22H2,1-6H3,(H,32,33);;1H2/q;;+1;/p-1/t25-,38?;23-;;/m00../s1. The predicted molar refractivity (Wildman–Crippen MR) is 314 cm³/mol. The summed E-state index contributed by atoms with van der Waals surface area (Å²) in [5.41, 5.74) is 8.42. The summed E-state index contributed by atoms with van der Waals surface area (Å²) >= 11 is 0. The minimum Gasteiger partial charge on any atom is -0.870 e. The van der Waals surface area contributed by atoms with Crippen LogP contribution in [0.5, 0.6) is 23.0 Å². The van der Waals surface area contributed by atoms with E-state index in [2.05, 4.69) is 107 Å². The fourth-order valence-corrected chi connectivity index (χ4v) is 13.5. The van der Waals surface area contributed by atoms with Crippen LogP contribution >= 0.6 is 14.7 Å². The van der Waals surface area contributed by atoms with Crippen LogP contribution in [0.4, 0.5) is 11.4 Å². The first-order valence-electron chi connectivity index (χ1n) is 27.7. The number of hydrogen-bond acceptors (Lipinski definition) is 10. The van der Waals surface area contributed by atoms with E-state index < -0.39 is 14.7 Å². The van der Waals surface area contributed by atoms with Gasteiger partial charge in [0.15, 0.2) is 7.37 Å². The van der Waals surface area contributed by atoms with Gasteiger partial charge in [0.25, 0.3) is 0 Å². The van der Waals surface area contributed by atoms with Crippen molar-refractivity contribution in [3.63, 3.8) is 0 Å². The Bertz CT molecular complexity index is 2420. The zero-order chi connectivity index (χ0) is 54.1. The Morgan fingerprint density at radius 3 is 1.36 bits per heavy atom. The quantitative estimate of drug-likeness (QED) is 0.0530. The van der Waals surface area contributed by atoms with Crippen LogP contribution in [0, 0.1) is 22.7 Å². The number of benzene rings is 4. The second-order valence-corrected chi connectivity index (χ2v) is 29.2. The van der Waals surface area contributed by atoms with Crippen LogP contribution in [0.25, 0.3) is 0 Å². The van der Waals surface area contributed by atoms with Gasteiger partial charge in [0.05, 0.1) is 34.0 Å². The van der Waals surface area contributed by atoms with Crippen molar-refractivity contribution in [1.29, 1.82) is 0 Å². The van der Waals surface area contributed by atoms with Crippen molar-refractivity contribution in [3.8, 4) is 23.0 Å². The molecule has 2 aliphatic rings. The molecule has 4 atom stereocenters. The molecule has 0 bridgehead atoms. The molecule has 6 rings (SSSR count). The third kappa shape index (κ3) is 23.8. The van der Waals surface area contributed by atoms with Crippen LogP contribution < -0.4 is 58.3 Å². The summed E-state index contributed by atoms with van der Waals surface area (Å²) in [5.74, 6) is 4.83. The molecule has 2 aliphatic heterocycles. The Morgan fingerprint density at radius 1 is 0.605 bits per heavy atom. The number of ether oxygens (including phenoxy) is 4. The maximum atomic E-state index is 12.6. The molecule has 0 aliphatic carbocycles. The topological polar surface area (TPSA) is 137 Å². The molecule has 14 heteroatoms. The van der Waals surface area contributed by atoms with E-state index in [0.717, 1.165) is 105 Å². The van der Waals surface area contributed by atoms with Crippen molar-refractivity contribution in [2.24, 2.45) is 22.7 Å². The molecule has 2 heterocycles. The summed E-state index contributed by atoms with van der Waals surface area (Å²) in [6.07, 6.45) is 12.3. The van der Waals surface area contributed by atoms with Crippen molar-refractivity contribution in [2.75, 3.05) is 95.7 Å². The molecule has 76 heavy (non-hydrogen) atoms. The number of piperidine rings is 2. The fraction of sp³-hybridized carbons (Fsp3) is 0.613. The van der Waals surface area contributed by atoms with Crippen LogP contribution in [-0.2, 0) is 26.5 Å². The van der Waals surface area contributed by atoms with Crippen molar-refractivity contribution < 1.29 is 72.5 Å². The van der Waals surface area contributed by atoms with Gasteiger partial charge in [-0.15, -0.1) is 0 Å². The van der Waals surface area contributed by atoms with Gasteiger partial charge in [0.2, 0.25) is 7.37 Å². The first-order chi connectivity index (χ1) is 34.9. The van der Waals surface area contributed by atoms with Gasteiger partial charge in [-0.3, -0.25) is 9.13 Å². The number of anilines is 2. The van der Waals surface area contributed by atoms with E-state index in [-0.39, 0.29) is 53.0 Å². The Hall–Kier alpha value is -2.98. The van der Waals surface area contributed by atoms with Gasteiger partial charge in [0, 0.05) is 75.3 Å². The van der Waals surface area contributed by atoms with Crippen molar-refractivity contribution in [1.82, 2.24) is 0 Å². The van der Waals surface area contributed by atoms with Crippen molar-refractivity contribution >= 4 is 26.1 Å². The van der Waals surface area contributed by atoms with Crippen LogP contribution in [0.3, 0.4) is 0 Å². The molecule has 2 unspecified atom stereocenters. The second kappa shape index (κ2) is 31.7. The van der Waals surface area contributed by atoms with E-state index in [1.807, 2.05) is 50.2 Å². The van der Waals surface area contributed by atoms with Gasteiger partial charge in [0.1, 0.15) is 23.0 Å². The summed E-state index contributed by atoms with van der Waals surface area (Å²) in [5, 5.41) is 0. The van der Waals surface area contributed by atoms with Crippen LogP contribution in [0.1, 0.15) is 148 Å². The minimum absolute atomic E-state index is 0. The van der Waals surface area contributed by atoms with Crippen LogP contribution in [0.2, 0.25) is 0 Å². The van der Waals surface area contributed by atoms with E-state index >= 15 is 0 Å². The molecule has 420 valence electrons. The third-order valence-corrected chi connectivity index (χ3v) is 17.9. The molecule has 0 spiro atoms. The Labute approximate surface area is 482 Å². The number of aryl methyl sites for hydroxylation is 2. The first-order valence-corrected chi connectivity index (χ1v) is 32.3. The molecular weight excluding hydrogens is 1000 g/mol. The van der Waals surface area contributed by atoms with Crippen molar-refractivity contribution in [2.45, 2.75) is 138 Å². The Morgan fingerprint density at radius 2 is 1.00 bits per heavy atom. The minimum atomic E-state index is -3.05. The normalized spacial score (nSPS) is 16.9. The summed E-state index contributed by atoms with van der Waals surface area (Å²) in [7, 11) is -2.14. The van der Waals surface area contributed by atoms with E-state index in [1.165, 1.54) is 54.8 Å². The first kappa shape index (κ1) is 67.3. The van der Waals surface area contributed by atoms with Gasteiger partial charge in [-0.2, -0.15) is 0 Å². The number of methoxy groups -OCH3 is 2. The molecule has 0 radical (unpaired) electrons. The van der Waals surface area contributed by atoms with Gasteiger partial charge in [-0.1, -0.05) is 91.8 Å². The number of nitrogens with zero attached hydrogens (tertiary/aromatic N) is 2. The van der Waals surface area contributed by atoms with Crippen LogP contribution in [0.15, 0.2) is 84.9 Å². The molecule has 0 saturated carbocycles. The summed E-state index contributed by atoms with van der Waals surface area (Å²) in [4.78, 5) is 14.8. The number of hydrogen-bond donors (Lipinski definition) is 1. The van der Waals surface area contributed by atoms with E-state index in [0.29, 0.717) is 42.0 Å². The zero-order valence-corrected chi connectivity index (χ0v) is 53.2. The Balaban J connectivity index is 0.000000391. The Kier molecular flexibility index (Phi) is 28.1. The van der Waals surface area contributed by atoms with Gasteiger partial charge >= 0.3 is 29.6 Å². The molecule has 2 N–H and O–H groups in total. The fourth-order valence-electron chi connectivity index (χ4n) is 10.4. The summed E-state index contributed by atoms with van der Waals surface area (Å²) < 4.78 is 53.5. The van der Waals surface area contributed by atoms with Crippen molar-refractivity contribution in [3.05, 3.63) is 107 Å². The van der Waals surface area contributed by atoms with E-state index in [4.69, 9.17) is 23.5 Å². The summed E-state index contributed by atoms with van der Waals surface area (Å²) in [6, 6.07) is 29.4. The maximum absolute atomic E-state index is 12.6. The SMILES string of the molecule is CCOP(C)(=O)C[C@H](C)c1cccc(OCC2CCN(c3cc(OC)ccc3CCCC(C)(C)C)CC2)c1.COc1ccc(CCCC(C)(C)C)c(N2CCC(COc3cccc([C@@H](C)CP(C)(=O)O)c3)CC2)c1.[Na+].[OH-]. The van der Waals surface area contributed by atoms with Gasteiger partial charge in [-0.25, -0.2) is 0 Å². The smallest absolute Gasteiger partial charge is 0.870 e. The zero-order valence-electron chi connectivity index (χ0n) is 49.4. The monoisotopic (exact) mass is 1100 g/mol. The largest absolute Gasteiger partial charge is 1.00 e. The molecule has 2 saturated heterocycles. The molecule has 11 nitrogen and oxygen atoms in total. The van der Waals surface area contributed by atoms with E-state index in [1.54, 1.807) is 20.9 Å². The van der Waals surface area contributed by atoms with Gasteiger partial charge in [-0.05, 0) is 164 Å².